The Kier molecular flexibility index (Phi) is 6.35. The van der Waals surface area contributed by atoms with Gasteiger partial charge in [-0.15, -0.1) is 0 Å². The maximum atomic E-state index is 5.82. The van der Waals surface area contributed by atoms with Crippen molar-refractivity contribution in [3.63, 3.8) is 0 Å². The zero-order chi connectivity index (χ0) is 10.4. The Balaban J connectivity index is 4.33. The quantitative estimate of drug-likeness (QED) is 0.688. The Morgan fingerprint density at radius 2 is 1.69 bits per heavy atom. The van der Waals surface area contributed by atoms with Gasteiger partial charge in [0, 0.05) is 18.6 Å². The Hall–Kier alpha value is -0.0800. The summed E-state index contributed by atoms with van der Waals surface area (Å²) in [5, 5.41) is 0. The van der Waals surface area contributed by atoms with Crippen molar-refractivity contribution in [2.24, 2.45) is 11.7 Å². The minimum atomic E-state index is 0.551. The van der Waals surface area contributed by atoms with E-state index in [1.165, 1.54) is 6.42 Å². The summed E-state index contributed by atoms with van der Waals surface area (Å²) in [6, 6.07) is 1.16. The summed E-state index contributed by atoms with van der Waals surface area (Å²) in [6.07, 6.45) is 1.21. The van der Waals surface area contributed by atoms with E-state index in [9.17, 15) is 0 Å². The Morgan fingerprint density at radius 3 is 1.92 bits per heavy atom. The van der Waals surface area contributed by atoms with Crippen molar-refractivity contribution in [1.82, 2.24) is 4.90 Å². The van der Waals surface area contributed by atoms with Crippen LogP contribution in [0.5, 0.6) is 0 Å². The third kappa shape index (κ3) is 3.65. The number of nitrogens with zero attached hydrogens (tertiary/aromatic N) is 1. The summed E-state index contributed by atoms with van der Waals surface area (Å²) < 4.78 is 0. The molecule has 0 aromatic rings. The first-order valence-corrected chi connectivity index (χ1v) is 5.54. The van der Waals surface area contributed by atoms with Crippen molar-refractivity contribution in [2.75, 3.05) is 13.1 Å². The zero-order valence-corrected chi connectivity index (χ0v) is 9.88. The van der Waals surface area contributed by atoms with Gasteiger partial charge < -0.3 is 5.73 Å². The predicted octanol–water partition coefficient (Wildman–Crippen LogP) is 2.09. The molecule has 2 atom stereocenters. The van der Waals surface area contributed by atoms with Gasteiger partial charge in [-0.05, 0) is 26.3 Å². The lowest BCUT2D eigenvalue weighted by molar-refractivity contribution is 0.122. The molecule has 0 rings (SSSR count). The lowest BCUT2D eigenvalue weighted by Crippen LogP contribution is -2.48. The lowest BCUT2D eigenvalue weighted by atomic mass is 9.96. The topological polar surface area (TPSA) is 29.3 Å². The van der Waals surface area contributed by atoms with Crippen LogP contribution in [0.4, 0.5) is 0 Å². The first-order valence-electron chi connectivity index (χ1n) is 5.54. The van der Waals surface area contributed by atoms with Crippen molar-refractivity contribution in [2.45, 2.75) is 53.1 Å². The number of hydrogen-bond donors (Lipinski definition) is 1. The molecule has 2 N–H and O–H groups in total. The third-order valence-electron chi connectivity index (χ3n) is 3.00. The van der Waals surface area contributed by atoms with Crippen LogP contribution in [0, 0.1) is 5.92 Å². The standard InChI is InChI=1S/C11H26N2/c1-6-10(5)11(8-12)13(7-2)9(3)4/h9-11H,6-8,12H2,1-5H3. The normalized spacial score (nSPS) is 16.6. The second-order valence-electron chi connectivity index (χ2n) is 4.11. The van der Waals surface area contributed by atoms with Crippen LogP contribution >= 0.6 is 0 Å². The van der Waals surface area contributed by atoms with E-state index in [4.69, 9.17) is 5.73 Å². The molecule has 80 valence electrons. The average Bonchev–Trinajstić information content (AvgIpc) is 2.12. The molecular weight excluding hydrogens is 160 g/mol. The van der Waals surface area contributed by atoms with Gasteiger partial charge in [-0.25, -0.2) is 0 Å². The largest absolute Gasteiger partial charge is 0.329 e. The van der Waals surface area contributed by atoms with E-state index in [2.05, 4.69) is 39.5 Å². The molecule has 0 saturated carbocycles. The van der Waals surface area contributed by atoms with Crippen LogP contribution < -0.4 is 5.73 Å². The first-order chi connectivity index (χ1) is 6.08. The fourth-order valence-electron chi connectivity index (χ4n) is 1.95. The van der Waals surface area contributed by atoms with Gasteiger partial charge in [-0.2, -0.15) is 0 Å². The highest BCUT2D eigenvalue weighted by Crippen LogP contribution is 2.15. The first kappa shape index (κ1) is 12.9. The van der Waals surface area contributed by atoms with Gasteiger partial charge in [-0.1, -0.05) is 27.2 Å². The molecule has 0 amide bonds. The van der Waals surface area contributed by atoms with Gasteiger partial charge in [0.1, 0.15) is 0 Å². The smallest absolute Gasteiger partial charge is 0.0246 e. The van der Waals surface area contributed by atoms with Gasteiger partial charge in [0.25, 0.3) is 0 Å². The highest BCUT2D eigenvalue weighted by molar-refractivity contribution is 4.78. The van der Waals surface area contributed by atoms with E-state index in [1.807, 2.05) is 0 Å². The number of rotatable bonds is 6. The maximum Gasteiger partial charge on any atom is 0.0246 e. The summed E-state index contributed by atoms with van der Waals surface area (Å²) in [7, 11) is 0. The predicted molar refractivity (Wildman–Crippen MR) is 59.8 cm³/mol. The molecule has 2 unspecified atom stereocenters. The highest BCUT2D eigenvalue weighted by atomic mass is 15.2. The lowest BCUT2D eigenvalue weighted by Gasteiger charge is -2.36. The average molecular weight is 186 g/mol. The number of nitrogens with two attached hydrogens (primary N) is 1. The molecule has 0 fully saturated rings. The van der Waals surface area contributed by atoms with E-state index >= 15 is 0 Å². The molecule has 2 nitrogen and oxygen atoms in total. The number of hydrogen-bond acceptors (Lipinski definition) is 2. The molecule has 13 heavy (non-hydrogen) atoms. The molecule has 0 aliphatic rings. The summed E-state index contributed by atoms with van der Waals surface area (Å²) in [5.41, 5.74) is 5.82. The van der Waals surface area contributed by atoms with Gasteiger partial charge >= 0.3 is 0 Å². The third-order valence-corrected chi connectivity index (χ3v) is 3.00. The van der Waals surface area contributed by atoms with E-state index in [-0.39, 0.29) is 0 Å². The second kappa shape index (κ2) is 6.39. The van der Waals surface area contributed by atoms with Crippen LogP contribution in [0.1, 0.15) is 41.0 Å². The molecular formula is C11H26N2. The second-order valence-corrected chi connectivity index (χ2v) is 4.11. The summed E-state index contributed by atoms with van der Waals surface area (Å²) in [6.45, 7) is 13.1. The van der Waals surface area contributed by atoms with Gasteiger partial charge in [-0.3, -0.25) is 4.90 Å². The van der Waals surface area contributed by atoms with Gasteiger partial charge in [0.15, 0.2) is 0 Å². The zero-order valence-electron chi connectivity index (χ0n) is 9.88. The van der Waals surface area contributed by atoms with E-state index in [0.717, 1.165) is 13.1 Å². The van der Waals surface area contributed by atoms with Crippen molar-refractivity contribution in [3.8, 4) is 0 Å². The van der Waals surface area contributed by atoms with Crippen molar-refractivity contribution < 1.29 is 0 Å². The van der Waals surface area contributed by atoms with Crippen molar-refractivity contribution in [3.05, 3.63) is 0 Å². The van der Waals surface area contributed by atoms with E-state index in [0.29, 0.717) is 18.0 Å². The van der Waals surface area contributed by atoms with Gasteiger partial charge in [0.2, 0.25) is 0 Å². The molecule has 0 aromatic carbocycles. The van der Waals surface area contributed by atoms with Crippen molar-refractivity contribution in [1.29, 1.82) is 0 Å². The van der Waals surface area contributed by atoms with Gasteiger partial charge in [0.05, 0.1) is 0 Å². The molecule has 0 aliphatic carbocycles. The molecule has 0 radical (unpaired) electrons. The van der Waals surface area contributed by atoms with Crippen LogP contribution in [0.15, 0.2) is 0 Å². The van der Waals surface area contributed by atoms with Crippen LogP contribution in [0.3, 0.4) is 0 Å². The Bertz CT molecular complexity index is 123. The molecule has 0 saturated heterocycles. The van der Waals surface area contributed by atoms with Crippen LogP contribution in [0.25, 0.3) is 0 Å². The molecule has 0 spiro atoms. The Labute approximate surface area is 83.5 Å². The van der Waals surface area contributed by atoms with E-state index in [1.54, 1.807) is 0 Å². The maximum absolute atomic E-state index is 5.82. The van der Waals surface area contributed by atoms with Crippen LogP contribution in [-0.2, 0) is 0 Å². The molecule has 0 heterocycles. The Morgan fingerprint density at radius 1 is 1.15 bits per heavy atom. The van der Waals surface area contributed by atoms with E-state index < -0.39 is 0 Å². The van der Waals surface area contributed by atoms with Crippen LogP contribution in [0.2, 0.25) is 0 Å². The summed E-state index contributed by atoms with van der Waals surface area (Å²) in [4.78, 5) is 2.49. The SMILES string of the molecule is CCC(C)C(CN)N(CC)C(C)C. The molecule has 0 aromatic heterocycles. The molecule has 0 bridgehead atoms. The minimum absolute atomic E-state index is 0.551. The monoisotopic (exact) mass is 186 g/mol. The minimum Gasteiger partial charge on any atom is -0.329 e. The highest BCUT2D eigenvalue weighted by Gasteiger charge is 2.22. The molecule has 0 aliphatic heterocycles. The van der Waals surface area contributed by atoms with Crippen molar-refractivity contribution >= 4 is 0 Å². The van der Waals surface area contributed by atoms with Crippen LogP contribution in [-0.4, -0.2) is 30.1 Å². The fourth-order valence-corrected chi connectivity index (χ4v) is 1.95. The summed E-state index contributed by atoms with van der Waals surface area (Å²) in [5.74, 6) is 0.701. The summed E-state index contributed by atoms with van der Waals surface area (Å²) >= 11 is 0. The molecule has 2 heteroatoms. The number of likely N-dealkylation sites (N-methyl/N-ethyl adjacent to an activating group) is 1. The fraction of sp³-hybridized carbons (Fsp3) is 1.00.